The van der Waals surface area contributed by atoms with Crippen molar-refractivity contribution in [1.82, 2.24) is 0 Å². The first kappa shape index (κ1) is 13.2. The van der Waals surface area contributed by atoms with Gasteiger partial charge in [-0.1, -0.05) is 0 Å². The van der Waals surface area contributed by atoms with Crippen LogP contribution in [-0.2, 0) is 0 Å². The van der Waals surface area contributed by atoms with E-state index in [1.165, 1.54) is 12.1 Å². The lowest BCUT2D eigenvalue weighted by atomic mass is 10.2. The van der Waals surface area contributed by atoms with Gasteiger partial charge in [0.15, 0.2) is 11.5 Å². The lowest BCUT2D eigenvalue weighted by Gasteiger charge is -2.09. The van der Waals surface area contributed by atoms with Gasteiger partial charge in [-0.15, -0.1) is 0 Å². The molecule has 0 aromatic heterocycles. The third-order valence-corrected chi connectivity index (χ3v) is 3.05. The molecule has 2 aromatic carbocycles. The van der Waals surface area contributed by atoms with Gasteiger partial charge in [-0.05, 0) is 42.8 Å². The molecule has 0 radical (unpaired) electrons. The minimum atomic E-state index is -0.417. The standard InChI is InChI=1S/C15H13FN2O3/c1-9-6-10(2-4-12(9)16)17-15(19)18-11-3-5-13-14(7-11)21-8-20-13/h2-7H,8H2,1H3,(H2,17,18,19). The lowest BCUT2D eigenvalue weighted by molar-refractivity contribution is 0.174. The molecule has 3 rings (SSSR count). The van der Waals surface area contributed by atoms with Gasteiger partial charge >= 0.3 is 6.03 Å². The van der Waals surface area contributed by atoms with Crippen LogP contribution in [0, 0.1) is 12.7 Å². The largest absolute Gasteiger partial charge is 0.454 e. The fraction of sp³-hybridized carbons (Fsp3) is 0.133. The molecule has 0 aliphatic carbocycles. The number of halogens is 1. The first-order valence-electron chi connectivity index (χ1n) is 6.35. The van der Waals surface area contributed by atoms with E-state index in [4.69, 9.17) is 9.47 Å². The highest BCUT2D eigenvalue weighted by atomic mass is 19.1. The van der Waals surface area contributed by atoms with E-state index in [1.54, 1.807) is 31.2 Å². The summed E-state index contributed by atoms with van der Waals surface area (Å²) >= 11 is 0. The van der Waals surface area contributed by atoms with E-state index in [0.717, 1.165) is 0 Å². The predicted molar refractivity (Wildman–Crippen MR) is 76.3 cm³/mol. The first-order chi connectivity index (χ1) is 10.1. The number of carbonyl (C=O) groups excluding carboxylic acids is 1. The van der Waals surface area contributed by atoms with Gasteiger partial charge in [-0.2, -0.15) is 0 Å². The molecule has 6 heteroatoms. The molecule has 108 valence electrons. The van der Waals surface area contributed by atoms with Crippen molar-refractivity contribution >= 4 is 17.4 Å². The van der Waals surface area contributed by atoms with Crippen molar-refractivity contribution in [3.8, 4) is 11.5 Å². The van der Waals surface area contributed by atoms with Crippen LogP contribution >= 0.6 is 0 Å². The number of urea groups is 1. The van der Waals surface area contributed by atoms with Gasteiger partial charge < -0.3 is 20.1 Å². The summed E-state index contributed by atoms with van der Waals surface area (Å²) in [4.78, 5) is 11.9. The fourth-order valence-electron chi connectivity index (χ4n) is 1.99. The molecule has 0 bridgehead atoms. The number of ether oxygens (including phenoxy) is 2. The molecule has 5 nitrogen and oxygen atoms in total. The summed E-state index contributed by atoms with van der Waals surface area (Å²) < 4.78 is 23.6. The maximum atomic E-state index is 13.2. The molecule has 1 heterocycles. The van der Waals surface area contributed by atoms with Crippen LogP contribution in [0.25, 0.3) is 0 Å². The Morgan fingerprint density at radius 1 is 1.05 bits per heavy atom. The molecule has 0 spiro atoms. The minimum Gasteiger partial charge on any atom is -0.454 e. The Kier molecular flexibility index (Phi) is 3.35. The molecule has 2 aromatic rings. The number of nitrogens with one attached hydrogen (secondary N) is 2. The highest BCUT2D eigenvalue weighted by Crippen LogP contribution is 2.34. The van der Waals surface area contributed by atoms with E-state index in [-0.39, 0.29) is 12.6 Å². The zero-order valence-corrected chi connectivity index (χ0v) is 11.3. The number of hydrogen-bond donors (Lipinski definition) is 2. The Labute approximate surface area is 120 Å². The molecule has 0 fully saturated rings. The molecule has 0 saturated heterocycles. The Morgan fingerprint density at radius 2 is 1.71 bits per heavy atom. The number of carbonyl (C=O) groups is 1. The fourth-order valence-corrected chi connectivity index (χ4v) is 1.99. The molecule has 1 aliphatic heterocycles. The average Bonchev–Trinajstić information content (AvgIpc) is 2.90. The van der Waals surface area contributed by atoms with Crippen molar-refractivity contribution in [2.45, 2.75) is 6.92 Å². The minimum absolute atomic E-state index is 0.180. The van der Waals surface area contributed by atoms with Gasteiger partial charge in [0.2, 0.25) is 6.79 Å². The maximum Gasteiger partial charge on any atom is 0.323 e. The van der Waals surface area contributed by atoms with Crippen LogP contribution < -0.4 is 20.1 Å². The topological polar surface area (TPSA) is 59.6 Å². The van der Waals surface area contributed by atoms with Crippen LogP contribution in [0.2, 0.25) is 0 Å². The van der Waals surface area contributed by atoms with E-state index in [2.05, 4.69) is 10.6 Å². The van der Waals surface area contributed by atoms with Crippen molar-refractivity contribution in [2.24, 2.45) is 0 Å². The number of anilines is 2. The second-order valence-electron chi connectivity index (χ2n) is 4.61. The molecule has 2 amide bonds. The summed E-state index contributed by atoms with van der Waals surface area (Å²) in [5, 5.41) is 5.31. The SMILES string of the molecule is Cc1cc(NC(=O)Nc2ccc3c(c2)OCO3)ccc1F. The van der Waals surface area contributed by atoms with Crippen molar-refractivity contribution < 1.29 is 18.7 Å². The van der Waals surface area contributed by atoms with Gasteiger partial charge in [-0.25, -0.2) is 9.18 Å². The molecular weight excluding hydrogens is 275 g/mol. The number of fused-ring (bicyclic) bond motifs is 1. The van der Waals surface area contributed by atoms with Crippen LogP contribution in [0.5, 0.6) is 11.5 Å². The summed E-state index contributed by atoms with van der Waals surface area (Å²) in [5.41, 5.74) is 1.57. The quantitative estimate of drug-likeness (QED) is 0.889. The maximum absolute atomic E-state index is 13.2. The number of aryl methyl sites for hydroxylation is 1. The monoisotopic (exact) mass is 288 g/mol. The highest BCUT2D eigenvalue weighted by Gasteiger charge is 2.14. The lowest BCUT2D eigenvalue weighted by Crippen LogP contribution is -2.19. The molecule has 0 atom stereocenters. The zero-order valence-electron chi connectivity index (χ0n) is 11.3. The second-order valence-corrected chi connectivity index (χ2v) is 4.61. The molecular formula is C15H13FN2O3. The van der Waals surface area contributed by atoms with E-state index >= 15 is 0 Å². The Hall–Kier alpha value is -2.76. The molecule has 0 unspecified atom stereocenters. The summed E-state index contributed by atoms with van der Waals surface area (Å²) in [7, 11) is 0. The van der Waals surface area contributed by atoms with Gasteiger partial charge in [0.1, 0.15) is 5.82 Å². The van der Waals surface area contributed by atoms with Gasteiger partial charge in [-0.3, -0.25) is 0 Å². The van der Waals surface area contributed by atoms with E-state index in [0.29, 0.717) is 28.4 Å². The number of amides is 2. The second kappa shape index (κ2) is 5.32. The van der Waals surface area contributed by atoms with Crippen molar-refractivity contribution in [3.63, 3.8) is 0 Å². The molecule has 0 saturated carbocycles. The summed E-state index contributed by atoms with van der Waals surface area (Å²) in [6.07, 6.45) is 0. The van der Waals surface area contributed by atoms with E-state index < -0.39 is 6.03 Å². The number of rotatable bonds is 2. The summed E-state index contributed by atoms with van der Waals surface area (Å²) in [6.45, 7) is 1.82. The zero-order chi connectivity index (χ0) is 14.8. The van der Waals surface area contributed by atoms with Crippen molar-refractivity contribution in [1.29, 1.82) is 0 Å². The van der Waals surface area contributed by atoms with Crippen LogP contribution in [0.4, 0.5) is 20.6 Å². The smallest absolute Gasteiger partial charge is 0.323 e. The molecule has 21 heavy (non-hydrogen) atoms. The van der Waals surface area contributed by atoms with Crippen LogP contribution in [0.3, 0.4) is 0 Å². The number of hydrogen-bond acceptors (Lipinski definition) is 3. The highest BCUT2D eigenvalue weighted by molar-refractivity contribution is 6.00. The van der Waals surface area contributed by atoms with Gasteiger partial charge in [0.25, 0.3) is 0 Å². The van der Waals surface area contributed by atoms with Gasteiger partial charge in [0, 0.05) is 17.4 Å². The van der Waals surface area contributed by atoms with Crippen LogP contribution in [-0.4, -0.2) is 12.8 Å². The Morgan fingerprint density at radius 3 is 2.48 bits per heavy atom. The van der Waals surface area contributed by atoms with Crippen molar-refractivity contribution in [2.75, 3.05) is 17.4 Å². The predicted octanol–water partition coefficient (Wildman–Crippen LogP) is 3.51. The van der Waals surface area contributed by atoms with Crippen LogP contribution in [0.1, 0.15) is 5.56 Å². The summed E-state index contributed by atoms with van der Waals surface area (Å²) in [5.74, 6) is 0.928. The van der Waals surface area contributed by atoms with Crippen molar-refractivity contribution in [3.05, 3.63) is 47.8 Å². The third-order valence-electron chi connectivity index (χ3n) is 3.05. The van der Waals surface area contributed by atoms with Gasteiger partial charge in [0.05, 0.1) is 0 Å². The first-order valence-corrected chi connectivity index (χ1v) is 6.35. The van der Waals surface area contributed by atoms with Crippen LogP contribution in [0.15, 0.2) is 36.4 Å². The molecule has 2 N–H and O–H groups in total. The normalized spacial score (nSPS) is 12.1. The Balaban J connectivity index is 1.67. The van der Waals surface area contributed by atoms with E-state index in [9.17, 15) is 9.18 Å². The number of benzene rings is 2. The summed E-state index contributed by atoms with van der Waals surface area (Å²) in [6, 6.07) is 9.07. The van der Waals surface area contributed by atoms with E-state index in [1.807, 2.05) is 0 Å². The molecule has 1 aliphatic rings. The average molecular weight is 288 g/mol. The third kappa shape index (κ3) is 2.89. The Bertz CT molecular complexity index is 703.